The maximum Gasteiger partial charge on any atom is 0.335 e. The van der Waals surface area contributed by atoms with Crippen LogP contribution >= 0.6 is 0 Å². The van der Waals surface area contributed by atoms with Gasteiger partial charge in [-0.2, -0.15) is 0 Å². The number of carbonyl (C=O) groups is 3. The molecule has 16 heavy (non-hydrogen) atoms. The van der Waals surface area contributed by atoms with E-state index < -0.39 is 37.6 Å². The Labute approximate surface area is 96.7 Å². The number of hydrogen-bond donors (Lipinski definition) is 0. The van der Waals surface area contributed by atoms with E-state index in [1.807, 2.05) is 0 Å². The maximum absolute atomic E-state index is 11.4. The standard InChI is InChI=1S/C10H16O6/c1-3-14-9(4-6-15-8(2)12)10(13)16-7-5-11/h5,9H,3-4,6-7H2,1-2H3/i6D2. The van der Waals surface area contributed by atoms with Crippen molar-refractivity contribution < 1.29 is 31.3 Å². The second-order valence-corrected chi connectivity index (χ2v) is 2.68. The molecule has 0 bridgehead atoms. The highest BCUT2D eigenvalue weighted by atomic mass is 16.6. The van der Waals surface area contributed by atoms with Gasteiger partial charge in [0, 0.05) is 20.0 Å². The van der Waals surface area contributed by atoms with Gasteiger partial charge in [-0.15, -0.1) is 0 Å². The molecule has 0 spiro atoms. The molecule has 0 rings (SSSR count). The molecule has 0 amide bonds. The third-order valence-corrected chi connectivity index (χ3v) is 1.41. The van der Waals surface area contributed by atoms with Gasteiger partial charge in [-0.25, -0.2) is 4.79 Å². The lowest BCUT2D eigenvalue weighted by Gasteiger charge is -2.14. The van der Waals surface area contributed by atoms with E-state index in [0.29, 0.717) is 6.29 Å². The monoisotopic (exact) mass is 234 g/mol. The molecule has 0 saturated heterocycles. The van der Waals surface area contributed by atoms with Crippen LogP contribution in [0.3, 0.4) is 0 Å². The van der Waals surface area contributed by atoms with E-state index >= 15 is 0 Å². The number of rotatable bonds is 8. The molecule has 6 heteroatoms. The molecular formula is C10H16O6. The minimum absolute atomic E-state index is 0.150. The van der Waals surface area contributed by atoms with Crippen LogP contribution in [-0.4, -0.2) is 44.1 Å². The van der Waals surface area contributed by atoms with Crippen LogP contribution in [0.15, 0.2) is 0 Å². The molecule has 0 aromatic carbocycles. The van der Waals surface area contributed by atoms with Gasteiger partial charge in [0.15, 0.2) is 12.4 Å². The van der Waals surface area contributed by atoms with Gasteiger partial charge in [-0.3, -0.25) is 9.59 Å². The summed E-state index contributed by atoms with van der Waals surface area (Å²) in [5.74, 6) is -1.68. The Morgan fingerprint density at radius 2 is 2.12 bits per heavy atom. The zero-order chi connectivity index (χ0) is 14.2. The molecule has 0 aromatic heterocycles. The Hall–Kier alpha value is -1.43. The SMILES string of the molecule is [2H]C([2H])(CC(OCC)C(=O)OCC=O)OC(C)=O. The van der Waals surface area contributed by atoms with E-state index in [-0.39, 0.29) is 6.61 Å². The molecule has 0 aliphatic carbocycles. The number of ether oxygens (including phenoxy) is 3. The summed E-state index contributed by atoms with van der Waals surface area (Å²) in [5, 5.41) is 0. The third kappa shape index (κ3) is 6.94. The molecule has 0 fully saturated rings. The smallest absolute Gasteiger partial charge is 0.335 e. The number of carbonyl (C=O) groups excluding carboxylic acids is 3. The number of aldehydes is 1. The van der Waals surface area contributed by atoms with Crippen molar-refractivity contribution in [1.29, 1.82) is 0 Å². The summed E-state index contributed by atoms with van der Waals surface area (Å²) in [6.07, 6.45) is -1.34. The van der Waals surface area contributed by atoms with Gasteiger partial charge in [0.2, 0.25) is 0 Å². The summed E-state index contributed by atoms with van der Waals surface area (Å²) in [6, 6.07) is 0. The summed E-state index contributed by atoms with van der Waals surface area (Å²) in [5.41, 5.74) is 0. The zero-order valence-corrected chi connectivity index (χ0v) is 9.23. The van der Waals surface area contributed by atoms with E-state index in [0.717, 1.165) is 6.92 Å². The third-order valence-electron chi connectivity index (χ3n) is 1.41. The Balaban J connectivity index is 4.54. The van der Waals surface area contributed by atoms with Gasteiger partial charge in [0.25, 0.3) is 0 Å². The highest BCUT2D eigenvalue weighted by molar-refractivity contribution is 5.76. The van der Waals surface area contributed by atoms with Crippen LogP contribution in [0.1, 0.15) is 23.0 Å². The predicted molar refractivity (Wildman–Crippen MR) is 53.7 cm³/mol. The van der Waals surface area contributed by atoms with Crippen LogP contribution in [-0.2, 0) is 28.6 Å². The van der Waals surface area contributed by atoms with E-state index in [1.54, 1.807) is 6.92 Å². The van der Waals surface area contributed by atoms with E-state index in [2.05, 4.69) is 9.47 Å². The first-order chi connectivity index (χ1) is 8.32. The molecule has 0 aliphatic rings. The molecule has 0 aromatic rings. The average molecular weight is 234 g/mol. The van der Waals surface area contributed by atoms with E-state index in [4.69, 9.17) is 7.48 Å². The van der Waals surface area contributed by atoms with Crippen molar-refractivity contribution in [2.75, 3.05) is 19.8 Å². The summed E-state index contributed by atoms with van der Waals surface area (Å²) in [6.45, 7) is 0.0431. The predicted octanol–water partition coefficient (Wildman–Crippen LogP) is 0.0868. The van der Waals surface area contributed by atoms with Gasteiger partial charge in [-0.05, 0) is 6.92 Å². The van der Waals surface area contributed by atoms with Gasteiger partial charge >= 0.3 is 11.9 Å². The Bertz CT molecular complexity index is 305. The summed E-state index contributed by atoms with van der Waals surface area (Å²) < 4.78 is 28.7. The van der Waals surface area contributed by atoms with Crippen LogP contribution < -0.4 is 0 Å². The van der Waals surface area contributed by atoms with Crippen molar-refractivity contribution in [3.05, 3.63) is 0 Å². The fourth-order valence-electron chi connectivity index (χ4n) is 0.840. The summed E-state index contributed by atoms with van der Waals surface area (Å²) in [7, 11) is 0. The quantitative estimate of drug-likeness (QED) is 0.437. The normalized spacial score (nSPS) is 14.4. The minimum atomic E-state index is -2.34. The van der Waals surface area contributed by atoms with Crippen LogP contribution in [0, 0.1) is 0 Å². The average Bonchev–Trinajstić information content (AvgIpc) is 2.23. The highest BCUT2D eigenvalue weighted by Gasteiger charge is 2.20. The van der Waals surface area contributed by atoms with Crippen molar-refractivity contribution in [2.45, 2.75) is 26.4 Å². The molecular weight excluding hydrogens is 216 g/mol. The second kappa shape index (κ2) is 8.84. The molecule has 0 heterocycles. The van der Waals surface area contributed by atoms with Crippen LogP contribution in [0.4, 0.5) is 0 Å². The van der Waals surface area contributed by atoms with Crippen LogP contribution in [0.5, 0.6) is 0 Å². The Morgan fingerprint density at radius 3 is 2.62 bits per heavy atom. The molecule has 1 atom stereocenters. The molecule has 0 radical (unpaired) electrons. The first-order valence-electron chi connectivity index (χ1n) is 5.74. The fourth-order valence-corrected chi connectivity index (χ4v) is 0.840. The Morgan fingerprint density at radius 1 is 1.44 bits per heavy atom. The van der Waals surface area contributed by atoms with Crippen molar-refractivity contribution in [2.24, 2.45) is 0 Å². The van der Waals surface area contributed by atoms with Gasteiger partial charge in [-0.1, -0.05) is 0 Å². The molecule has 92 valence electrons. The second-order valence-electron chi connectivity index (χ2n) is 2.68. The van der Waals surface area contributed by atoms with Crippen molar-refractivity contribution in [3.63, 3.8) is 0 Å². The zero-order valence-electron chi connectivity index (χ0n) is 11.2. The van der Waals surface area contributed by atoms with Gasteiger partial charge in [0.05, 0.1) is 9.30 Å². The largest absolute Gasteiger partial charge is 0.466 e. The Kier molecular flexibility index (Phi) is 6.12. The lowest BCUT2D eigenvalue weighted by atomic mass is 10.2. The maximum atomic E-state index is 11.4. The highest BCUT2D eigenvalue weighted by Crippen LogP contribution is 2.02. The van der Waals surface area contributed by atoms with E-state index in [1.165, 1.54) is 0 Å². The van der Waals surface area contributed by atoms with E-state index in [9.17, 15) is 14.4 Å². The van der Waals surface area contributed by atoms with Crippen molar-refractivity contribution in [1.82, 2.24) is 0 Å². The van der Waals surface area contributed by atoms with Gasteiger partial charge in [0.1, 0.15) is 6.61 Å². The first kappa shape index (κ1) is 11.1. The lowest BCUT2D eigenvalue weighted by Crippen LogP contribution is -2.29. The lowest BCUT2D eigenvalue weighted by molar-refractivity contribution is -0.160. The summed E-state index contributed by atoms with van der Waals surface area (Å²) in [4.78, 5) is 32.2. The first-order valence-corrected chi connectivity index (χ1v) is 4.74. The topological polar surface area (TPSA) is 78.9 Å². The van der Waals surface area contributed by atoms with Crippen molar-refractivity contribution >= 4 is 18.2 Å². The molecule has 1 unspecified atom stereocenters. The number of hydrogen-bond acceptors (Lipinski definition) is 6. The fraction of sp³-hybridized carbons (Fsp3) is 0.700. The molecule has 6 nitrogen and oxygen atoms in total. The molecule has 0 aliphatic heterocycles. The van der Waals surface area contributed by atoms with Gasteiger partial charge < -0.3 is 14.2 Å². The van der Waals surface area contributed by atoms with Crippen molar-refractivity contribution in [3.8, 4) is 0 Å². The summed E-state index contributed by atoms with van der Waals surface area (Å²) >= 11 is 0. The molecule has 0 saturated carbocycles. The van der Waals surface area contributed by atoms with Crippen LogP contribution in [0.25, 0.3) is 0 Å². The molecule has 0 N–H and O–H groups in total. The number of esters is 2. The van der Waals surface area contributed by atoms with Crippen LogP contribution in [0.2, 0.25) is 0 Å². The minimum Gasteiger partial charge on any atom is -0.466 e.